The molecule has 4 aromatic rings. The first-order chi connectivity index (χ1) is 17.0. The van der Waals surface area contributed by atoms with Crippen molar-refractivity contribution in [1.82, 2.24) is 14.8 Å². The van der Waals surface area contributed by atoms with Crippen LogP contribution >= 0.6 is 11.6 Å². The molecule has 0 bridgehead atoms. The molecule has 8 nitrogen and oxygen atoms in total. The van der Waals surface area contributed by atoms with Gasteiger partial charge in [0.15, 0.2) is 10.6 Å². The Balaban J connectivity index is 1.35. The number of anilines is 1. The summed E-state index contributed by atoms with van der Waals surface area (Å²) < 4.78 is 31.6. The molecule has 35 heavy (non-hydrogen) atoms. The Morgan fingerprint density at radius 3 is 2.74 bits per heavy atom. The Kier molecular flexibility index (Phi) is 6.17. The standard InChI is InChI=1S/C25H22ClFN4O4/c1-33-19-9-7-16(8-10-19)11-13-35-24-29-22(20-6-3-12-34-20)31(30-24)18-5-2-4-17(14-18)28-23(32)25(26)15-21(25)27/h2-10,12,14,21H,11,13,15H2,1H3,(H,28,32)/t21-,25+/m1/s1. The normalized spacial score (nSPS) is 18.8. The number of halogens is 2. The van der Waals surface area contributed by atoms with E-state index in [1.54, 1.807) is 48.2 Å². The topological polar surface area (TPSA) is 91.4 Å². The molecule has 5 rings (SSSR count). The van der Waals surface area contributed by atoms with Gasteiger partial charge in [-0.15, -0.1) is 16.7 Å². The number of hydrogen-bond acceptors (Lipinski definition) is 6. The van der Waals surface area contributed by atoms with Gasteiger partial charge in [-0.25, -0.2) is 9.07 Å². The maximum Gasteiger partial charge on any atom is 0.336 e. The average Bonchev–Trinajstić information content (AvgIpc) is 3.25. The summed E-state index contributed by atoms with van der Waals surface area (Å²) in [6.07, 6.45) is 0.860. The van der Waals surface area contributed by atoms with Gasteiger partial charge in [-0.1, -0.05) is 18.2 Å². The van der Waals surface area contributed by atoms with Crippen LogP contribution in [0.5, 0.6) is 11.8 Å². The van der Waals surface area contributed by atoms with Crippen molar-refractivity contribution in [1.29, 1.82) is 0 Å². The van der Waals surface area contributed by atoms with E-state index in [1.807, 2.05) is 24.3 Å². The molecular formula is C25H22ClFN4O4. The number of carbonyl (C=O) groups excluding carboxylic acids is 1. The number of nitrogens with zero attached hydrogens (tertiary/aromatic N) is 3. The summed E-state index contributed by atoms with van der Waals surface area (Å²) >= 11 is 6.01. The van der Waals surface area contributed by atoms with E-state index in [1.165, 1.54) is 6.26 Å². The fourth-order valence-corrected chi connectivity index (χ4v) is 3.72. The van der Waals surface area contributed by atoms with Crippen LogP contribution in [0.4, 0.5) is 10.1 Å². The first kappa shape index (κ1) is 22.9. The van der Waals surface area contributed by atoms with Crippen LogP contribution in [0.1, 0.15) is 12.0 Å². The van der Waals surface area contributed by atoms with E-state index >= 15 is 0 Å². The van der Waals surface area contributed by atoms with Crippen molar-refractivity contribution in [2.24, 2.45) is 0 Å². The van der Waals surface area contributed by atoms with E-state index in [0.29, 0.717) is 36.0 Å². The molecule has 2 heterocycles. The third kappa shape index (κ3) is 4.85. The third-order valence-corrected chi connectivity index (χ3v) is 6.21. The van der Waals surface area contributed by atoms with Gasteiger partial charge in [0.25, 0.3) is 0 Å². The highest BCUT2D eigenvalue weighted by Crippen LogP contribution is 2.46. The lowest BCUT2D eigenvalue weighted by Gasteiger charge is -2.10. The molecule has 1 fully saturated rings. The Morgan fingerprint density at radius 2 is 2.06 bits per heavy atom. The predicted molar refractivity (Wildman–Crippen MR) is 128 cm³/mol. The number of ether oxygens (including phenoxy) is 2. The fraction of sp³-hybridized carbons (Fsp3) is 0.240. The molecule has 0 aliphatic heterocycles. The molecule has 0 radical (unpaired) electrons. The van der Waals surface area contributed by atoms with Crippen molar-refractivity contribution < 1.29 is 23.1 Å². The summed E-state index contributed by atoms with van der Waals surface area (Å²) in [7, 11) is 1.63. The van der Waals surface area contributed by atoms with Gasteiger partial charge in [-0.05, 0) is 48.0 Å². The van der Waals surface area contributed by atoms with Crippen LogP contribution in [0.2, 0.25) is 0 Å². The van der Waals surface area contributed by atoms with Crippen molar-refractivity contribution in [2.45, 2.75) is 23.9 Å². The number of rotatable bonds is 9. The molecule has 2 aromatic heterocycles. The van der Waals surface area contributed by atoms with Crippen LogP contribution in [-0.4, -0.2) is 45.4 Å². The van der Waals surface area contributed by atoms with Gasteiger partial charge in [-0.3, -0.25) is 4.79 Å². The van der Waals surface area contributed by atoms with Gasteiger partial charge in [0.1, 0.15) is 11.9 Å². The second-order valence-electron chi connectivity index (χ2n) is 8.09. The summed E-state index contributed by atoms with van der Waals surface area (Å²) in [6.45, 7) is 0.367. The smallest absolute Gasteiger partial charge is 0.336 e. The number of hydrogen-bond donors (Lipinski definition) is 1. The SMILES string of the molecule is COc1ccc(CCOc2nc(-c3ccco3)n(-c3cccc(NC(=O)[C@]4(Cl)C[C@H]4F)c3)n2)cc1. The van der Waals surface area contributed by atoms with E-state index in [9.17, 15) is 9.18 Å². The molecule has 1 amide bonds. The van der Waals surface area contributed by atoms with Crippen molar-refractivity contribution in [3.8, 4) is 29.0 Å². The second kappa shape index (κ2) is 9.42. The quantitative estimate of drug-likeness (QED) is 0.334. The van der Waals surface area contributed by atoms with E-state index in [2.05, 4.69) is 15.4 Å². The van der Waals surface area contributed by atoms with Crippen molar-refractivity contribution in [2.75, 3.05) is 19.0 Å². The van der Waals surface area contributed by atoms with Gasteiger partial charge in [-0.2, -0.15) is 4.98 Å². The molecule has 1 aliphatic carbocycles. The van der Waals surface area contributed by atoms with Crippen molar-refractivity contribution in [3.63, 3.8) is 0 Å². The number of alkyl halides is 2. The van der Waals surface area contributed by atoms with E-state index in [0.717, 1.165) is 11.3 Å². The molecular weight excluding hydrogens is 475 g/mol. The molecule has 0 saturated heterocycles. The Bertz CT molecular complexity index is 1330. The number of amides is 1. The minimum atomic E-state index is -1.49. The molecule has 10 heteroatoms. The van der Waals surface area contributed by atoms with Crippen molar-refractivity contribution >= 4 is 23.2 Å². The Labute approximate surface area is 205 Å². The van der Waals surface area contributed by atoms with Gasteiger partial charge in [0.2, 0.25) is 11.7 Å². The van der Waals surface area contributed by atoms with Gasteiger partial charge < -0.3 is 19.2 Å². The first-order valence-corrected chi connectivity index (χ1v) is 11.4. The van der Waals surface area contributed by atoms with E-state index in [-0.39, 0.29) is 12.4 Å². The monoisotopic (exact) mass is 496 g/mol. The molecule has 1 saturated carbocycles. The predicted octanol–water partition coefficient (Wildman–Crippen LogP) is 4.82. The van der Waals surface area contributed by atoms with Crippen LogP contribution in [0.3, 0.4) is 0 Å². The zero-order chi connectivity index (χ0) is 24.4. The Hall–Kier alpha value is -3.85. The summed E-state index contributed by atoms with van der Waals surface area (Å²) in [5.74, 6) is 1.14. The maximum absolute atomic E-state index is 13.5. The van der Waals surface area contributed by atoms with E-state index in [4.69, 9.17) is 25.5 Å². The number of carbonyl (C=O) groups is 1. The first-order valence-electron chi connectivity index (χ1n) is 11.0. The highest BCUT2D eigenvalue weighted by atomic mass is 35.5. The zero-order valence-corrected chi connectivity index (χ0v) is 19.5. The second-order valence-corrected chi connectivity index (χ2v) is 8.77. The number of benzene rings is 2. The molecule has 1 aliphatic rings. The maximum atomic E-state index is 13.5. The summed E-state index contributed by atoms with van der Waals surface area (Å²) in [5, 5.41) is 7.16. The number of aromatic nitrogens is 3. The highest BCUT2D eigenvalue weighted by Gasteiger charge is 2.60. The van der Waals surface area contributed by atoms with Crippen LogP contribution < -0.4 is 14.8 Å². The van der Waals surface area contributed by atoms with Crippen LogP contribution in [-0.2, 0) is 11.2 Å². The minimum absolute atomic E-state index is 0.00300. The highest BCUT2D eigenvalue weighted by molar-refractivity contribution is 6.39. The largest absolute Gasteiger partial charge is 0.497 e. The average molecular weight is 497 g/mol. The lowest BCUT2D eigenvalue weighted by molar-refractivity contribution is -0.116. The molecule has 2 atom stereocenters. The summed E-state index contributed by atoms with van der Waals surface area (Å²) in [4.78, 5) is 15.3. The molecule has 180 valence electrons. The zero-order valence-electron chi connectivity index (χ0n) is 18.8. The molecule has 0 spiro atoms. The van der Waals surface area contributed by atoms with Crippen LogP contribution in [0, 0.1) is 0 Å². The van der Waals surface area contributed by atoms with Gasteiger partial charge in [0.05, 0.1) is 25.7 Å². The summed E-state index contributed by atoms with van der Waals surface area (Å²) in [5.41, 5.74) is 2.14. The number of nitrogens with one attached hydrogen (secondary N) is 1. The van der Waals surface area contributed by atoms with E-state index < -0.39 is 17.0 Å². The number of furan rings is 1. The molecule has 1 N–H and O–H groups in total. The van der Waals surface area contributed by atoms with Gasteiger partial charge in [0, 0.05) is 18.5 Å². The molecule has 2 aromatic carbocycles. The lowest BCUT2D eigenvalue weighted by Crippen LogP contribution is -2.27. The van der Waals surface area contributed by atoms with Crippen LogP contribution in [0.15, 0.2) is 71.3 Å². The van der Waals surface area contributed by atoms with Crippen LogP contribution in [0.25, 0.3) is 17.3 Å². The molecule has 0 unspecified atom stereocenters. The Morgan fingerprint density at radius 1 is 1.26 bits per heavy atom. The lowest BCUT2D eigenvalue weighted by atomic mass is 10.1. The number of methoxy groups -OCH3 is 1. The fourth-order valence-electron chi connectivity index (χ4n) is 3.54. The van der Waals surface area contributed by atoms with Crippen molar-refractivity contribution in [3.05, 3.63) is 72.5 Å². The van der Waals surface area contributed by atoms with Gasteiger partial charge >= 0.3 is 6.01 Å². The summed E-state index contributed by atoms with van der Waals surface area (Å²) in [6, 6.07) is 18.3. The third-order valence-electron chi connectivity index (χ3n) is 5.65. The minimum Gasteiger partial charge on any atom is -0.497 e.